The summed E-state index contributed by atoms with van der Waals surface area (Å²) < 4.78 is 29.1. The maximum atomic E-state index is 13.8. The van der Waals surface area contributed by atoms with E-state index in [1.54, 1.807) is 13.8 Å². The van der Waals surface area contributed by atoms with Crippen molar-refractivity contribution in [3.63, 3.8) is 0 Å². The number of nitrogens with two attached hydrogens (primary N) is 1. The van der Waals surface area contributed by atoms with Crippen molar-refractivity contribution in [3.8, 4) is 5.69 Å². The van der Waals surface area contributed by atoms with E-state index in [1.807, 2.05) is 0 Å². The van der Waals surface area contributed by atoms with Crippen LogP contribution >= 0.6 is 0 Å². The molecule has 0 aliphatic carbocycles. The summed E-state index contributed by atoms with van der Waals surface area (Å²) >= 11 is 0. The molecule has 0 fully saturated rings. The van der Waals surface area contributed by atoms with Crippen LogP contribution in [-0.4, -0.2) is 9.55 Å². The molecule has 5 heteroatoms. The molecule has 90 valence electrons. The summed E-state index contributed by atoms with van der Waals surface area (Å²) in [5.41, 5.74) is 7.13. The molecule has 1 aromatic carbocycles. The van der Waals surface area contributed by atoms with E-state index in [9.17, 15) is 8.78 Å². The smallest absolute Gasteiger partial charge is 0.150 e. The van der Waals surface area contributed by atoms with Gasteiger partial charge in [0, 0.05) is 12.2 Å². The molecule has 0 radical (unpaired) electrons. The second kappa shape index (κ2) is 4.25. The molecule has 1 aromatic heterocycles. The van der Waals surface area contributed by atoms with Gasteiger partial charge in [-0.05, 0) is 31.5 Å². The Hall–Kier alpha value is -1.75. The lowest BCUT2D eigenvalue weighted by Crippen LogP contribution is -2.06. The zero-order valence-corrected chi connectivity index (χ0v) is 9.67. The number of rotatable bonds is 2. The molecule has 1 heterocycles. The molecule has 0 spiro atoms. The number of hydrogen-bond acceptors (Lipinski definition) is 2. The molecule has 0 aliphatic rings. The van der Waals surface area contributed by atoms with Crippen molar-refractivity contribution < 1.29 is 8.78 Å². The van der Waals surface area contributed by atoms with E-state index >= 15 is 0 Å². The average Bonchev–Trinajstić information content (AvgIpc) is 2.60. The van der Waals surface area contributed by atoms with Gasteiger partial charge in [0.2, 0.25) is 0 Å². The predicted octanol–water partition coefficient (Wildman–Crippen LogP) is 2.23. The van der Waals surface area contributed by atoms with Crippen LogP contribution in [0.25, 0.3) is 5.69 Å². The second-order valence-electron chi connectivity index (χ2n) is 3.90. The van der Waals surface area contributed by atoms with E-state index in [0.29, 0.717) is 11.3 Å². The van der Waals surface area contributed by atoms with Crippen molar-refractivity contribution in [2.45, 2.75) is 20.4 Å². The maximum Gasteiger partial charge on any atom is 0.150 e. The van der Waals surface area contributed by atoms with Crippen LogP contribution < -0.4 is 5.73 Å². The summed E-state index contributed by atoms with van der Waals surface area (Å²) in [5.74, 6) is -1.27. The minimum absolute atomic E-state index is 0.107. The van der Waals surface area contributed by atoms with Crippen molar-refractivity contribution >= 4 is 0 Å². The topological polar surface area (TPSA) is 43.8 Å². The average molecular weight is 237 g/mol. The zero-order valence-electron chi connectivity index (χ0n) is 9.67. The van der Waals surface area contributed by atoms with Gasteiger partial charge in [0.25, 0.3) is 0 Å². The first-order valence-corrected chi connectivity index (χ1v) is 5.23. The van der Waals surface area contributed by atoms with Crippen LogP contribution in [0.5, 0.6) is 0 Å². The van der Waals surface area contributed by atoms with Gasteiger partial charge in [-0.3, -0.25) is 4.57 Å². The molecule has 2 aromatic rings. The Labute approximate surface area is 97.9 Å². The molecule has 0 saturated carbocycles. The summed E-state index contributed by atoms with van der Waals surface area (Å²) in [5, 5.41) is 0. The number of hydrogen-bond donors (Lipinski definition) is 1. The van der Waals surface area contributed by atoms with E-state index in [4.69, 9.17) is 5.73 Å². The fourth-order valence-electron chi connectivity index (χ4n) is 1.69. The van der Waals surface area contributed by atoms with Gasteiger partial charge in [0.1, 0.15) is 5.69 Å². The van der Waals surface area contributed by atoms with Gasteiger partial charge in [0.05, 0.1) is 12.0 Å². The number of imidazole rings is 1. The Bertz CT molecular complexity index is 538. The number of nitrogens with zero attached hydrogens (tertiary/aromatic N) is 2. The van der Waals surface area contributed by atoms with Crippen LogP contribution in [0.2, 0.25) is 0 Å². The standard InChI is InChI=1S/C12H13F2N3/c1-7-8(2)17(6-16-7)12-10(13)3-9(5-15)4-11(12)14/h3-4,6H,5,15H2,1-2H3. The lowest BCUT2D eigenvalue weighted by molar-refractivity contribution is 0.564. The van der Waals surface area contributed by atoms with Crippen LogP contribution in [-0.2, 0) is 6.54 Å². The fraction of sp³-hybridized carbons (Fsp3) is 0.250. The van der Waals surface area contributed by atoms with Gasteiger partial charge in [-0.2, -0.15) is 0 Å². The third kappa shape index (κ3) is 1.93. The monoisotopic (exact) mass is 237 g/mol. The molecule has 17 heavy (non-hydrogen) atoms. The number of halogens is 2. The summed E-state index contributed by atoms with van der Waals surface area (Å²) in [6.45, 7) is 3.66. The summed E-state index contributed by atoms with van der Waals surface area (Å²) in [6.07, 6.45) is 1.41. The van der Waals surface area contributed by atoms with Crippen LogP contribution in [0.3, 0.4) is 0 Å². The Morgan fingerprint density at radius 3 is 2.24 bits per heavy atom. The lowest BCUT2D eigenvalue weighted by atomic mass is 10.2. The summed E-state index contributed by atoms with van der Waals surface area (Å²) in [6, 6.07) is 2.49. The number of benzene rings is 1. The fourth-order valence-corrected chi connectivity index (χ4v) is 1.69. The predicted molar refractivity (Wildman–Crippen MR) is 60.8 cm³/mol. The van der Waals surface area contributed by atoms with Crippen molar-refractivity contribution in [1.82, 2.24) is 9.55 Å². The highest BCUT2D eigenvalue weighted by molar-refractivity contribution is 5.40. The number of aromatic nitrogens is 2. The highest BCUT2D eigenvalue weighted by atomic mass is 19.1. The van der Waals surface area contributed by atoms with E-state index in [-0.39, 0.29) is 12.2 Å². The molecular weight excluding hydrogens is 224 g/mol. The summed E-state index contributed by atoms with van der Waals surface area (Å²) in [4.78, 5) is 4.02. The Morgan fingerprint density at radius 2 is 1.82 bits per heavy atom. The van der Waals surface area contributed by atoms with Gasteiger partial charge in [-0.15, -0.1) is 0 Å². The van der Waals surface area contributed by atoms with Crippen molar-refractivity contribution in [1.29, 1.82) is 0 Å². The molecule has 2 rings (SSSR count). The van der Waals surface area contributed by atoms with Gasteiger partial charge >= 0.3 is 0 Å². The normalized spacial score (nSPS) is 10.9. The quantitative estimate of drug-likeness (QED) is 0.870. The highest BCUT2D eigenvalue weighted by Gasteiger charge is 2.15. The largest absolute Gasteiger partial charge is 0.326 e. The molecule has 3 nitrogen and oxygen atoms in total. The lowest BCUT2D eigenvalue weighted by Gasteiger charge is -2.09. The maximum absolute atomic E-state index is 13.8. The van der Waals surface area contributed by atoms with Crippen molar-refractivity contribution in [2.24, 2.45) is 5.73 Å². The summed E-state index contributed by atoms with van der Waals surface area (Å²) in [7, 11) is 0. The number of aryl methyl sites for hydroxylation is 1. The third-order valence-corrected chi connectivity index (χ3v) is 2.81. The molecule has 0 saturated heterocycles. The van der Waals surface area contributed by atoms with Crippen LogP contribution in [0.15, 0.2) is 18.5 Å². The highest BCUT2D eigenvalue weighted by Crippen LogP contribution is 2.22. The van der Waals surface area contributed by atoms with Gasteiger partial charge in [-0.1, -0.05) is 0 Å². The Morgan fingerprint density at radius 1 is 1.24 bits per heavy atom. The second-order valence-corrected chi connectivity index (χ2v) is 3.90. The molecule has 0 amide bonds. The third-order valence-electron chi connectivity index (χ3n) is 2.81. The minimum atomic E-state index is -0.633. The molecule has 0 unspecified atom stereocenters. The zero-order chi connectivity index (χ0) is 12.6. The van der Waals surface area contributed by atoms with Crippen LogP contribution in [0, 0.1) is 25.5 Å². The molecular formula is C12H13F2N3. The first-order valence-electron chi connectivity index (χ1n) is 5.23. The van der Waals surface area contributed by atoms with Crippen LogP contribution in [0.1, 0.15) is 17.0 Å². The van der Waals surface area contributed by atoms with E-state index < -0.39 is 11.6 Å². The minimum Gasteiger partial charge on any atom is -0.326 e. The molecule has 0 atom stereocenters. The molecule has 0 bridgehead atoms. The van der Waals surface area contributed by atoms with Gasteiger partial charge in [0.15, 0.2) is 11.6 Å². The van der Waals surface area contributed by atoms with E-state index in [0.717, 1.165) is 5.69 Å². The Balaban J connectivity index is 2.64. The molecule has 2 N–H and O–H groups in total. The van der Waals surface area contributed by atoms with Crippen molar-refractivity contribution in [2.75, 3.05) is 0 Å². The first kappa shape index (κ1) is 11.7. The Kier molecular flexibility index (Phi) is 2.93. The SMILES string of the molecule is Cc1ncn(-c2c(F)cc(CN)cc2F)c1C. The van der Waals surface area contributed by atoms with Crippen LogP contribution in [0.4, 0.5) is 8.78 Å². The van der Waals surface area contributed by atoms with Gasteiger partial charge in [-0.25, -0.2) is 13.8 Å². The molecule has 0 aliphatic heterocycles. The van der Waals surface area contributed by atoms with E-state index in [1.165, 1.54) is 23.0 Å². The van der Waals surface area contributed by atoms with Gasteiger partial charge < -0.3 is 5.73 Å². The van der Waals surface area contributed by atoms with Crippen molar-refractivity contribution in [3.05, 3.63) is 47.0 Å². The first-order chi connectivity index (χ1) is 8.04. The van der Waals surface area contributed by atoms with E-state index in [2.05, 4.69) is 4.98 Å².